The highest BCUT2D eigenvalue weighted by Gasteiger charge is 2.24. The molecule has 0 unspecified atom stereocenters. The zero-order valence-electron chi connectivity index (χ0n) is 14.9. The van der Waals surface area contributed by atoms with Crippen LogP contribution in [0.4, 0.5) is 11.4 Å². The molecule has 3 rings (SSSR count). The molecule has 0 aliphatic carbocycles. The van der Waals surface area contributed by atoms with E-state index >= 15 is 0 Å². The van der Waals surface area contributed by atoms with Crippen molar-refractivity contribution >= 4 is 17.3 Å². The molecule has 0 atom stereocenters. The lowest BCUT2D eigenvalue weighted by atomic mass is 10.1. The minimum absolute atomic E-state index is 0.226. The SMILES string of the molecule is CNCCCC(=O)N1CCCN(Cc2ccccc2)c2ccccc21. The van der Waals surface area contributed by atoms with Crippen LogP contribution in [0.1, 0.15) is 24.8 Å². The van der Waals surface area contributed by atoms with Crippen molar-refractivity contribution in [2.45, 2.75) is 25.8 Å². The predicted octanol–water partition coefficient (Wildman–Crippen LogP) is 3.43. The van der Waals surface area contributed by atoms with Crippen LogP contribution in [0.15, 0.2) is 54.6 Å². The summed E-state index contributed by atoms with van der Waals surface area (Å²) in [7, 11) is 1.92. The number of amides is 1. The largest absolute Gasteiger partial charge is 0.365 e. The number of anilines is 2. The summed E-state index contributed by atoms with van der Waals surface area (Å²) in [6, 6.07) is 18.8. The van der Waals surface area contributed by atoms with Crippen molar-refractivity contribution in [2.24, 2.45) is 0 Å². The Morgan fingerprint density at radius 1 is 1.00 bits per heavy atom. The molecule has 0 radical (unpaired) electrons. The first kappa shape index (κ1) is 17.5. The average molecular weight is 337 g/mol. The molecule has 2 aromatic carbocycles. The number of nitrogens with one attached hydrogen (secondary N) is 1. The van der Waals surface area contributed by atoms with Gasteiger partial charge in [0.1, 0.15) is 0 Å². The number of benzene rings is 2. The Labute approximate surface area is 150 Å². The number of para-hydroxylation sites is 2. The molecule has 0 fully saturated rings. The fourth-order valence-corrected chi connectivity index (χ4v) is 3.40. The van der Waals surface area contributed by atoms with Crippen molar-refractivity contribution in [3.63, 3.8) is 0 Å². The maximum atomic E-state index is 12.7. The predicted molar refractivity (Wildman–Crippen MR) is 104 cm³/mol. The third-order valence-electron chi connectivity index (χ3n) is 4.66. The van der Waals surface area contributed by atoms with Crippen LogP contribution in [-0.4, -0.2) is 32.6 Å². The summed E-state index contributed by atoms with van der Waals surface area (Å²) in [5.74, 6) is 0.226. The van der Waals surface area contributed by atoms with Gasteiger partial charge >= 0.3 is 0 Å². The lowest BCUT2D eigenvalue weighted by Gasteiger charge is -2.27. The van der Waals surface area contributed by atoms with E-state index in [1.54, 1.807) is 0 Å². The summed E-state index contributed by atoms with van der Waals surface area (Å²) in [5, 5.41) is 3.11. The zero-order valence-corrected chi connectivity index (χ0v) is 14.9. The van der Waals surface area contributed by atoms with Crippen molar-refractivity contribution in [1.29, 1.82) is 0 Å². The minimum atomic E-state index is 0.226. The molecular formula is C21H27N3O. The van der Waals surface area contributed by atoms with Gasteiger partial charge in [-0.3, -0.25) is 4.79 Å². The fraction of sp³-hybridized carbons (Fsp3) is 0.381. The van der Waals surface area contributed by atoms with Gasteiger partial charge < -0.3 is 15.1 Å². The van der Waals surface area contributed by atoms with Crippen molar-refractivity contribution in [2.75, 3.05) is 36.5 Å². The average Bonchev–Trinajstić information content (AvgIpc) is 2.83. The molecule has 25 heavy (non-hydrogen) atoms. The fourth-order valence-electron chi connectivity index (χ4n) is 3.40. The molecule has 1 amide bonds. The van der Waals surface area contributed by atoms with Crippen LogP contribution in [-0.2, 0) is 11.3 Å². The smallest absolute Gasteiger partial charge is 0.227 e. The summed E-state index contributed by atoms with van der Waals surface area (Å²) in [6.07, 6.45) is 2.45. The molecule has 2 aromatic rings. The minimum Gasteiger partial charge on any atom is -0.365 e. The first-order chi connectivity index (χ1) is 12.3. The van der Waals surface area contributed by atoms with Gasteiger partial charge in [0, 0.05) is 26.1 Å². The Morgan fingerprint density at radius 2 is 1.72 bits per heavy atom. The molecule has 132 valence electrons. The third-order valence-corrected chi connectivity index (χ3v) is 4.66. The Kier molecular flexibility index (Phi) is 6.07. The molecule has 4 heteroatoms. The van der Waals surface area contributed by atoms with Crippen LogP contribution in [0.2, 0.25) is 0 Å². The van der Waals surface area contributed by atoms with Crippen LogP contribution in [0.5, 0.6) is 0 Å². The Hall–Kier alpha value is -2.33. The molecular weight excluding hydrogens is 310 g/mol. The standard InChI is InChI=1S/C21H27N3O/c1-22-14-7-13-21(25)24-16-8-15-23(17-18-9-3-2-4-10-18)19-11-5-6-12-20(19)24/h2-6,9-12,22H,7-8,13-17H2,1H3. The van der Waals surface area contributed by atoms with Gasteiger partial charge in [-0.1, -0.05) is 42.5 Å². The molecule has 0 spiro atoms. The van der Waals surface area contributed by atoms with Gasteiger partial charge in [0.2, 0.25) is 5.91 Å². The van der Waals surface area contributed by atoms with E-state index in [1.165, 1.54) is 5.56 Å². The van der Waals surface area contributed by atoms with Gasteiger partial charge in [-0.15, -0.1) is 0 Å². The van der Waals surface area contributed by atoms with Crippen molar-refractivity contribution < 1.29 is 4.79 Å². The van der Waals surface area contributed by atoms with E-state index in [1.807, 2.05) is 24.1 Å². The highest BCUT2D eigenvalue weighted by atomic mass is 16.2. The highest BCUT2D eigenvalue weighted by Crippen LogP contribution is 2.33. The van der Waals surface area contributed by atoms with Crippen LogP contribution in [0, 0.1) is 0 Å². The van der Waals surface area contributed by atoms with E-state index < -0.39 is 0 Å². The maximum absolute atomic E-state index is 12.7. The second-order valence-corrected chi connectivity index (χ2v) is 6.50. The Bertz CT molecular complexity index is 687. The molecule has 0 saturated heterocycles. The van der Waals surface area contributed by atoms with E-state index in [9.17, 15) is 4.79 Å². The third kappa shape index (κ3) is 4.40. The number of rotatable bonds is 6. The summed E-state index contributed by atoms with van der Waals surface area (Å²) in [5.41, 5.74) is 3.50. The van der Waals surface area contributed by atoms with Gasteiger partial charge in [-0.25, -0.2) is 0 Å². The number of hydrogen-bond donors (Lipinski definition) is 1. The monoisotopic (exact) mass is 337 g/mol. The number of nitrogens with zero attached hydrogens (tertiary/aromatic N) is 2. The van der Waals surface area contributed by atoms with Gasteiger partial charge in [0.15, 0.2) is 0 Å². The van der Waals surface area contributed by atoms with Crippen LogP contribution in [0.25, 0.3) is 0 Å². The van der Waals surface area contributed by atoms with Gasteiger partial charge in [-0.2, -0.15) is 0 Å². The summed E-state index contributed by atoms with van der Waals surface area (Å²) in [4.78, 5) is 17.1. The Balaban J connectivity index is 1.81. The zero-order chi connectivity index (χ0) is 17.5. The molecule has 1 N–H and O–H groups in total. The summed E-state index contributed by atoms with van der Waals surface area (Å²) < 4.78 is 0. The molecule has 4 nitrogen and oxygen atoms in total. The second kappa shape index (κ2) is 8.67. The van der Waals surface area contributed by atoms with Gasteiger partial charge in [0.05, 0.1) is 11.4 Å². The molecule has 1 heterocycles. The molecule has 0 saturated carbocycles. The molecule has 1 aliphatic rings. The number of carbonyl (C=O) groups excluding carboxylic acids is 1. The summed E-state index contributed by atoms with van der Waals surface area (Å²) in [6.45, 7) is 3.51. The lowest BCUT2D eigenvalue weighted by Crippen LogP contribution is -2.31. The molecule has 0 bridgehead atoms. The number of fused-ring (bicyclic) bond motifs is 1. The highest BCUT2D eigenvalue weighted by molar-refractivity contribution is 5.97. The second-order valence-electron chi connectivity index (χ2n) is 6.50. The molecule has 0 aromatic heterocycles. The summed E-state index contributed by atoms with van der Waals surface area (Å²) >= 11 is 0. The van der Waals surface area contributed by atoms with Crippen molar-refractivity contribution in [3.8, 4) is 0 Å². The Morgan fingerprint density at radius 3 is 2.48 bits per heavy atom. The lowest BCUT2D eigenvalue weighted by molar-refractivity contribution is -0.118. The van der Waals surface area contributed by atoms with E-state index in [2.05, 4.69) is 52.7 Å². The van der Waals surface area contributed by atoms with Gasteiger partial charge in [-0.05, 0) is 44.1 Å². The quantitative estimate of drug-likeness (QED) is 0.820. The number of carbonyl (C=O) groups is 1. The topological polar surface area (TPSA) is 35.6 Å². The number of hydrogen-bond acceptors (Lipinski definition) is 3. The van der Waals surface area contributed by atoms with Gasteiger partial charge in [0.25, 0.3) is 0 Å². The van der Waals surface area contributed by atoms with Crippen LogP contribution < -0.4 is 15.1 Å². The van der Waals surface area contributed by atoms with Crippen LogP contribution >= 0.6 is 0 Å². The van der Waals surface area contributed by atoms with Crippen molar-refractivity contribution in [1.82, 2.24) is 5.32 Å². The van der Waals surface area contributed by atoms with E-state index in [0.29, 0.717) is 6.42 Å². The normalized spacial score (nSPS) is 14.1. The van der Waals surface area contributed by atoms with E-state index in [0.717, 1.165) is 50.4 Å². The first-order valence-corrected chi connectivity index (χ1v) is 9.12. The maximum Gasteiger partial charge on any atom is 0.227 e. The van der Waals surface area contributed by atoms with Crippen LogP contribution in [0.3, 0.4) is 0 Å². The van der Waals surface area contributed by atoms with E-state index in [-0.39, 0.29) is 5.91 Å². The molecule has 1 aliphatic heterocycles. The first-order valence-electron chi connectivity index (χ1n) is 9.12. The van der Waals surface area contributed by atoms with E-state index in [4.69, 9.17) is 0 Å². The van der Waals surface area contributed by atoms with Crippen molar-refractivity contribution in [3.05, 3.63) is 60.2 Å².